The first-order valence-electron chi connectivity index (χ1n) is 3.90. The Balaban J connectivity index is 2.90. The highest BCUT2D eigenvalue weighted by molar-refractivity contribution is 7.81. The monoisotopic (exact) mass is 245 g/mol. The molecule has 7 nitrogen and oxygen atoms in total. The van der Waals surface area contributed by atoms with Crippen molar-refractivity contribution in [2.75, 3.05) is 0 Å². The normalized spacial score (nSPS) is 10.8. The molecule has 0 saturated carbocycles. The molecule has 0 heterocycles. The second-order valence-corrected chi connectivity index (χ2v) is 3.76. The standard InChI is InChI=1S/C8H7NO6S/c9-7(10)5-1-3-6(4-2-5)8(11)15-16(12,13)14/h1-4H,(H2,9,10)(H,12,13,14). The maximum atomic E-state index is 11.1. The van der Waals surface area contributed by atoms with Crippen molar-refractivity contribution in [1.29, 1.82) is 0 Å². The molecule has 0 spiro atoms. The molecule has 86 valence electrons. The Bertz CT molecular complexity index is 518. The fourth-order valence-corrected chi connectivity index (χ4v) is 1.20. The van der Waals surface area contributed by atoms with E-state index in [0.29, 0.717) is 0 Å². The molecule has 8 heteroatoms. The van der Waals surface area contributed by atoms with Crippen molar-refractivity contribution in [3.05, 3.63) is 35.4 Å². The number of primary amides is 1. The van der Waals surface area contributed by atoms with E-state index in [9.17, 15) is 18.0 Å². The number of carbonyl (C=O) groups excluding carboxylic acids is 2. The Morgan fingerprint density at radius 3 is 1.94 bits per heavy atom. The van der Waals surface area contributed by atoms with Crippen molar-refractivity contribution in [3.8, 4) is 0 Å². The lowest BCUT2D eigenvalue weighted by atomic mass is 10.1. The molecular weight excluding hydrogens is 238 g/mol. The summed E-state index contributed by atoms with van der Waals surface area (Å²) >= 11 is 0. The van der Waals surface area contributed by atoms with Crippen LogP contribution in [-0.2, 0) is 14.6 Å². The summed E-state index contributed by atoms with van der Waals surface area (Å²) in [5.74, 6) is -1.94. The molecule has 3 N–H and O–H groups in total. The molecule has 0 bridgehead atoms. The van der Waals surface area contributed by atoms with Crippen molar-refractivity contribution >= 4 is 22.3 Å². The number of hydrogen-bond donors (Lipinski definition) is 2. The second-order valence-electron chi connectivity index (χ2n) is 2.74. The van der Waals surface area contributed by atoms with Gasteiger partial charge < -0.3 is 9.92 Å². The fraction of sp³-hybridized carbons (Fsp3) is 0. The lowest BCUT2D eigenvalue weighted by Crippen LogP contribution is -2.13. The van der Waals surface area contributed by atoms with Crippen LogP contribution in [0.5, 0.6) is 0 Å². The van der Waals surface area contributed by atoms with Gasteiger partial charge in [-0.1, -0.05) is 0 Å². The molecule has 0 aromatic heterocycles. The smallest absolute Gasteiger partial charge is 0.366 e. The highest BCUT2D eigenvalue weighted by Gasteiger charge is 2.15. The van der Waals surface area contributed by atoms with Gasteiger partial charge in [-0.3, -0.25) is 9.35 Å². The summed E-state index contributed by atoms with van der Waals surface area (Å²) in [6.45, 7) is 0. The van der Waals surface area contributed by atoms with Crippen molar-refractivity contribution < 1.29 is 26.7 Å². The van der Waals surface area contributed by atoms with Crippen molar-refractivity contribution in [2.45, 2.75) is 0 Å². The van der Waals surface area contributed by atoms with Crippen LogP contribution in [0.25, 0.3) is 0 Å². The van der Waals surface area contributed by atoms with Crippen molar-refractivity contribution in [2.24, 2.45) is 5.73 Å². The van der Waals surface area contributed by atoms with Gasteiger partial charge >= 0.3 is 16.4 Å². The van der Waals surface area contributed by atoms with Gasteiger partial charge in [0.05, 0.1) is 5.56 Å². The van der Waals surface area contributed by atoms with Crippen LogP contribution < -0.4 is 5.73 Å². The lowest BCUT2D eigenvalue weighted by Gasteiger charge is -2.00. The van der Waals surface area contributed by atoms with Gasteiger partial charge in [0.15, 0.2) is 0 Å². The van der Waals surface area contributed by atoms with E-state index in [1.54, 1.807) is 0 Å². The van der Waals surface area contributed by atoms with Gasteiger partial charge in [0.25, 0.3) is 0 Å². The maximum Gasteiger partial charge on any atom is 0.449 e. The van der Waals surface area contributed by atoms with Gasteiger partial charge in [0.2, 0.25) is 5.91 Å². The number of hydrogen-bond acceptors (Lipinski definition) is 5. The quantitative estimate of drug-likeness (QED) is 0.707. The third kappa shape index (κ3) is 3.33. The first-order valence-corrected chi connectivity index (χ1v) is 5.27. The molecule has 0 atom stereocenters. The van der Waals surface area contributed by atoms with E-state index in [1.807, 2.05) is 0 Å². The molecule has 1 aromatic carbocycles. The summed E-state index contributed by atoms with van der Waals surface area (Å²) in [6.07, 6.45) is 0. The van der Waals surface area contributed by atoms with Gasteiger partial charge in [0.1, 0.15) is 0 Å². The molecule has 0 radical (unpaired) electrons. The zero-order valence-corrected chi connectivity index (χ0v) is 8.60. The van der Waals surface area contributed by atoms with Gasteiger partial charge in [-0.05, 0) is 24.3 Å². The van der Waals surface area contributed by atoms with E-state index in [1.165, 1.54) is 12.1 Å². The molecule has 0 aliphatic rings. The van der Waals surface area contributed by atoms with E-state index < -0.39 is 22.3 Å². The van der Waals surface area contributed by atoms with Gasteiger partial charge in [0, 0.05) is 5.56 Å². The number of benzene rings is 1. The molecule has 0 saturated heterocycles. The molecule has 1 amide bonds. The Morgan fingerprint density at radius 2 is 1.56 bits per heavy atom. The van der Waals surface area contributed by atoms with Crippen molar-refractivity contribution in [3.63, 3.8) is 0 Å². The van der Waals surface area contributed by atoms with Gasteiger partial charge in [-0.2, -0.15) is 8.42 Å². The Hall–Kier alpha value is -1.93. The van der Waals surface area contributed by atoms with Gasteiger partial charge in [-0.15, -0.1) is 0 Å². The number of nitrogens with two attached hydrogens (primary N) is 1. The molecule has 1 rings (SSSR count). The van der Waals surface area contributed by atoms with Crippen LogP contribution in [0.15, 0.2) is 24.3 Å². The third-order valence-electron chi connectivity index (χ3n) is 1.59. The molecule has 0 aliphatic carbocycles. The average molecular weight is 245 g/mol. The largest absolute Gasteiger partial charge is 0.449 e. The van der Waals surface area contributed by atoms with Crippen LogP contribution in [-0.4, -0.2) is 24.8 Å². The highest BCUT2D eigenvalue weighted by atomic mass is 32.3. The van der Waals surface area contributed by atoms with Crippen LogP contribution in [0.1, 0.15) is 20.7 Å². The first kappa shape index (κ1) is 12.1. The summed E-state index contributed by atoms with van der Waals surface area (Å²) in [5, 5.41) is 0. The van der Waals surface area contributed by atoms with E-state index >= 15 is 0 Å². The molecule has 16 heavy (non-hydrogen) atoms. The van der Waals surface area contributed by atoms with E-state index in [2.05, 4.69) is 4.18 Å². The minimum Gasteiger partial charge on any atom is -0.366 e. The summed E-state index contributed by atoms with van der Waals surface area (Å²) in [7, 11) is -4.84. The third-order valence-corrected chi connectivity index (χ3v) is 1.95. The summed E-state index contributed by atoms with van der Waals surface area (Å²) in [6, 6.07) is 4.74. The fourth-order valence-electron chi connectivity index (χ4n) is 0.914. The van der Waals surface area contributed by atoms with Crippen LogP contribution in [0, 0.1) is 0 Å². The highest BCUT2D eigenvalue weighted by Crippen LogP contribution is 2.06. The lowest BCUT2D eigenvalue weighted by molar-refractivity contribution is 0.0726. The molecule has 0 aliphatic heterocycles. The summed E-state index contributed by atoms with van der Waals surface area (Å²) < 4.78 is 32.4. The SMILES string of the molecule is NC(=O)c1ccc(C(=O)OS(=O)(=O)O)cc1. The minimum absolute atomic E-state index is 0.136. The van der Waals surface area contributed by atoms with Gasteiger partial charge in [-0.25, -0.2) is 4.79 Å². The molecule has 0 unspecified atom stereocenters. The Morgan fingerprint density at radius 1 is 1.12 bits per heavy atom. The predicted molar refractivity (Wildman–Crippen MR) is 51.9 cm³/mol. The zero-order chi connectivity index (χ0) is 12.3. The van der Waals surface area contributed by atoms with Crippen LogP contribution in [0.4, 0.5) is 0 Å². The average Bonchev–Trinajstić information content (AvgIpc) is 2.15. The van der Waals surface area contributed by atoms with E-state index in [-0.39, 0.29) is 11.1 Å². The van der Waals surface area contributed by atoms with E-state index in [4.69, 9.17) is 10.3 Å². The molecule has 0 fully saturated rings. The number of amides is 1. The van der Waals surface area contributed by atoms with Crippen LogP contribution >= 0.6 is 0 Å². The van der Waals surface area contributed by atoms with Crippen LogP contribution in [0.2, 0.25) is 0 Å². The molecular formula is C8H7NO6S. The maximum absolute atomic E-state index is 11.1. The predicted octanol–water partition coefficient (Wildman–Crippen LogP) is -0.255. The topological polar surface area (TPSA) is 124 Å². The van der Waals surface area contributed by atoms with Crippen LogP contribution in [0.3, 0.4) is 0 Å². The van der Waals surface area contributed by atoms with E-state index in [0.717, 1.165) is 12.1 Å². The van der Waals surface area contributed by atoms with Crippen molar-refractivity contribution in [1.82, 2.24) is 0 Å². The summed E-state index contributed by atoms with van der Waals surface area (Å²) in [4.78, 5) is 21.7. The number of carbonyl (C=O) groups is 2. The minimum atomic E-state index is -4.84. The number of rotatable bonds is 3. The molecule has 1 aromatic rings. The first-order chi connectivity index (χ1) is 7.29. The Kier molecular flexibility index (Phi) is 3.25. The summed E-state index contributed by atoms with van der Waals surface area (Å²) in [5.41, 5.74) is 4.97. The zero-order valence-electron chi connectivity index (χ0n) is 7.78. The second kappa shape index (κ2) is 4.29. The Labute approximate surface area is 90.8 Å².